The first-order valence-electron chi connectivity index (χ1n) is 11.8. The van der Waals surface area contributed by atoms with Crippen LogP contribution in [0.2, 0.25) is 0 Å². The zero-order chi connectivity index (χ0) is 29.6. The van der Waals surface area contributed by atoms with Gasteiger partial charge < -0.3 is 14.2 Å². The summed E-state index contributed by atoms with van der Waals surface area (Å²) in [5, 5.41) is 0. The van der Waals surface area contributed by atoms with Gasteiger partial charge >= 0.3 is 15.6 Å². The molecule has 0 saturated carbocycles. The van der Waals surface area contributed by atoms with Crippen LogP contribution in [-0.2, 0) is 21.0 Å². The predicted octanol–water partition coefficient (Wildman–Crippen LogP) is 7.54. The summed E-state index contributed by atoms with van der Waals surface area (Å²) in [6, 6.07) is 25.1. The number of alkyl halides is 3. The lowest BCUT2D eigenvalue weighted by molar-refractivity contribution is -0.0510. The molecule has 3 aromatic rings. The molecule has 0 aliphatic carbocycles. The van der Waals surface area contributed by atoms with E-state index in [1.165, 1.54) is 14.7 Å². The first kappa shape index (κ1) is 32.3. The molecule has 0 saturated heterocycles. The van der Waals surface area contributed by atoms with Crippen LogP contribution in [0, 0.1) is 0 Å². The van der Waals surface area contributed by atoms with Gasteiger partial charge in [0.05, 0.1) is 18.0 Å². The van der Waals surface area contributed by atoms with Crippen molar-refractivity contribution in [2.24, 2.45) is 0 Å². The molecular weight excluding hydrogens is 553 g/mol. The van der Waals surface area contributed by atoms with Gasteiger partial charge in [-0.15, -0.1) is 0 Å². The van der Waals surface area contributed by atoms with Gasteiger partial charge in [0.1, 0.15) is 28.5 Å². The Labute approximate surface area is 231 Å². The van der Waals surface area contributed by atoms with Crippen LogP contribution in [-0.4, -0.2) is 36.8 Å². The van der Waals surface area contributed by atoms with Gasteiger partial charge in [-0.1, -0.05) is 6.07 Å². The Morgan fingerprint density at radius 3 is 1.36 bits per heavy atom. The summed E-state index contributed by atoms with van der Waals surface area (Å²) < 4.78 is 75.1. The van der Waals surface area contributed by atoms with Gasteiger partial charge in [0.2, 0.25) is 0 Å². The molecular formula is C28H34F3O6S2+. The number of hydrogen-bond acceptors (Lipinski definition) is 5. The van der Waals surface area contributed by atoms with E-state index in [2.05, 4.69) is 102 Å². The maximum Gasteiger partial charge on any atom is 0.522 e. The normalized spacial score (nSPS) is 12.4. The van der Waals surface area contributed by atoms with E-state index >= 15 is 0 Å². The van der Waals surface area contributed by atoms with Gasteiger partial charge in [0, 0.05) is 6.07 Å². The molecule has 39 heavy (non-hydrogen) atoms. The van der Waals surface area contributed by atoms with E-state index in [1.807, 2.05) is 12.1 Å². The summed E-state index contributed by atoms with van der Waals surface area (Å²) in [5.74, 6) is 2.61. The lowest BCUT2D eigenvalue weighted by atomic mass is 10.2. The van der Waals surface area contributed by atoms with E-state index in [1.54, 1.807) is 7.11 Å². The Kier molecular flexibility index (Phi) is 10.4. The van der Waals surface area contributed by atoms with Crippen molar-refractivity contribution in [2.45, 2.75) is 72.9 Å². The Morgan fingerprint density at radius 2 is 1.05 bits per heavy atom. The van der Waals surface area contributed by atoms with E-state index in [0.29, 0.717) is 0 Å². The van der Waals surface area contributed by atoms with Crippen molar-refractivity contribution in [3.05, 3.63) is 72.8 Å². The molecule has 0 fully saturated rings. The van der Waals surface area contributed by atoms with Crippen molar-refractivity contribution in [2.75, 3.05) is 7.11 Å². The minimum Gasteiger partial charge on any atom is -0.497 e. The van der Waals surface area contributed by atoms with E-state index in [-0.39, 0.29) is 22.1 Å². The van der Waals surface area contributed by atoms with Crippen LogP contribution in [0.25, 0.3) is 0 Å². The molecule has 6 nitrogen and oxygen atoms in total. The average Bonchev–Trinajstić information content (AvgIpc) is 2.79. The fraction of sp³-hybridized carbons (Fsp3) is 0.357. The smallest absolute Gasteiger partial charge is 0.497 e. The van der Waals surface area contributed by atoms with Gasteiger partial charge in [0.15, 0.2) is 14.7 Å². The molecule has 0 bridgehead atoms. The molecule has 0 radical (unpaired) electrons. The number of ether oxygens (including phenoxy) is 3. The molecule has 3 rings (SSSR count). The van der Waals surface area contributed by atoms with E-state index < -0.39 is 15.6 Å². The summed E-state index contributed by atoms with van der Waals surface area (Å²) >= 11 is 0. The molecule has 3 aromatic carbocycles. The SMILES string of the molecule is COc1cccc([S+](c2ccc(OC(C)(C)C)cc2)c2ccc(OC(C)(C)C)cc2)c1.O=S(=O)(O)C(F)(F)F. The van der Waals surface area contributed by atoms with Crippen molar-refractivity contribution in [1.29, 1.82) is 0 Å². The minimum atomic E-state index is -5.84. The fourth-order valence-electron chi connectivity index (χ4n) is 3.13. The van der Waals surface area contributed by atoms with Crippen molar-refractivity contribution in [3.8, 4) is 17.2 Å². The van der Waals surface area contributed by atoms with Crippen LogP contribution in [0.3, 0.4) is 0 Å². The highest BCUT2D eigenvalue weighted by Crippen LogP contribution is 2.35. The zero-order valence-electron chi connectivity index (χ0n) is 22.9. The molecule has 0 aliphatic heterocycles. The minimum absolute atomic E-state index is 0.223. The van der Waals surface area contributed by atoms with Gasteiger partial charge in [-0.3, -0.25) is 4.55 Å². The fourth-order valence-corrected chi connectivity index (χ4v) is 5.21. The summed E-state index contributed by atoms with van der Waals surface area (Å²) in [6.45, 7) is 12.4. The Morgan fingerprint density at radius 1 is 0.667 bits per heavy atom. The topological polar surface area (TPSA) is 82.1 Å². The number of hydrogen-bond donors (Lipinski definition) is 1. The monoisotopic (exact) mass is 587 g/mol. The predicted molar refractivity (Wildman–Crippen MR) is 146 cm³/mol. The summed E-state index contributed by atoms with van der Waals surface area (Å²) in [5.41, 5.74) is -5.98. The summed E-state index contributed by atoms with van der Waals surface area (Å²) in [7, 11) is -4.42. The van der Waals surface area contributed by atoms with E-state index in [4.69, 9.17) is 27.2 Å². The molecule has 11 heteroatoms. The Bertz CT molecular complexity index is 1250. The first-order valence-corrected chi connectivity index (χ1v) is 14.5. The molecule has 1 N–H and O–H groups in total. The van der Waals surface area contributed by atoms with Crippen LogP contribution in [0.1, 0.15) is 41.5 Å². The average molecular weight is 588 g/mol. The van der Waals surface area contributed by atoms with Crippen LogP contribution >= 0.6 is 0 Å². The highest BCUT2D eigenvalue weighted by atomic mass is 32.2. The first-order chi connectivity index (χ1) is 17.8. The molecule has 0 unspecified atom stereocenters. The van der Waals surface area contributed by atoms with E-state index in [0.717, 1.165) is 17.2 Å². The molecule has 0 atom stereocenters. The quantitative estimate of drug-likeness (QED) is 0.182. The second-order valence-corrected chi connectivity index (χ2v) is 13.7. The maximum atomic E-state index is 10.7. The van der Waals surface area contributed by atoms with Crippen molar-refractivity contribution in [3.63, 3.8) is 0 Å². The molecule has 0 aliphatic rings. The van der Waals surface area contributed by atoms with Gasteiger partial charge in [0.25, 0.3) is 0 Å². The second-order valence-electron chi connectivity index (χ2n) is 10.3. The van der Waals surface area contributed by atoms with Gasteiger partial charge in [-0.05, 0) is 102 Å². The third-order valence-corrected chi connectivity index (χ3v) is 7.33. The van der Waals surface area contributed by atoms with Crippen LogP contribution in [0.15, 0.2) is 87.5 Å². The second kappa shape index (κ2) is 12.5. The maximum absolute atomic E-state index is 10.7. The van der Waals surface area contributed by atoms with Gasteiger partial charge in [-0.25, -0.2) is 0 Å². The summed E-state index contributed by atoms with van der Waals surface area (Å²) in [4.78, 5) is 3.64. The standard InChI is InChI=1S/C27H33O3S.CHF3O3S/c1-26(2,3)29-20-11-15-23(16-12-20)31(25-10-8-9-22(19-25)28-7)24-17-13-21(14-18-24)30-27(4,5)6;2-1(3,4)8(5,6)7/h8-19H,1-7H3;(H,5,6,7)/q+1;. The van der Waals surface area contributed by atoms with Crippen LogP contribution in [0.4, 0.5) is 13.2 Å². The van der Waals surface area contributed by atoms with Crippen LogP contribution < -0.4 is 14.2 Å². The van der Waals surface area contributed by atoms with Crippen LogP contribution in [0.5, 0.6) is 17.2 Å². The number of methoxy groups -OCH3 is 1. The third-order valence-electron chi connectivity index (χ3n) is 4.54. The van der Waals surface area contributed by atoms with E-state index in [9.17, 15) is 13.2 Å². The molecule has 214 valence electrons. The molecule has 0 spiro atoms. The van der Waals surface area contributed by atoms with Crippen molar-refractivity contribution < 1.29 is 40.4 Å². The van der Waals surface area contributed by atoms with Crippen molar-refractivity contribution in [1.82, 2.24) is 0 Å². The number of benzene rings is 3. The Balaban J connectivity index is 0.000000580. The molecule has 0 aromatic heterocycles. The lowest BCUT2D eigenvalue weighted by Gasteiger charge is -2.21. The molecule has 0 amide bonds. The number of halogens is 3. The molecule has 0 heterocycles. The third kappa shape index (κ3) is 10.7. The zero-order valence-corrected chi connectivity index (χ0v) is 24.5. The largest absolute Gasteiger partial charge is 0.522 e. The lowest BCUT2D eigenvalue weighted by Crippen LogP contribution is -2.23. The number of rotatable bonds is 6. The highest BCUT2D eigenvalue weighted by molar-refractivity contribution is 7.97. The summed E-state index contributed by atoms with van der Waals surface area (Å²) in [6.07, 6.45) is 0. The Hall–Kier alpha value is -2.89. The van der Waals surface area contributed by atoms with Crippen molar-refractivity contribution >= 4 is 21.0 Å². The van der Waals surface area contributed by atoms with Gasteiger partial charge in [-0.2, -0.15) is 21.6 Å². The highest BCUT2D eigenvalue weighted by Gasteiger charge is 2.44.